The molecule has 4 rings (SSSR count). The first-order chi connectivity index (χ1) is 15.5. The first-order valence-corrected chi connectivity index (χ1v) is 10.3. The van der Waals surface area contributed by atoms with E-state index in [1.54, 1.807) is 12.1 Å². The monoisotopic (exact) mass is 429 g/mol. The highest BCUT2D eigenvalue weighted by Crippen LogP contribution is 2.28. The molecule has 2 N–H and O–H groups in total. The van der Waals surface area contributed by atoms with Crippen molar-refractivity contribution in [1.29, 1.82) is 0 Å². The summed E-state index contributed by atoms with van der Waals surface area (Å²) in [5.74, 6) is -0.0786. The molecule has 32 heavy (non-hydrogen) atoms. The minimum atomic E-state index is -0.296. The highest BCUT2D eigenvalue weighted by atomic mass is 16.5. The van der Waals surface area contributed by atoms with Crippen LogP contribution in [-0.2, 0) is 29.2 Å². The Morgan fingerprint density at radius 1 is 0.938 bits per heavy atom. The third kappa shape index (κ3) is 5.04. The first-order valence-electron chi connectivity index (χ1n) is 10.3. The van der Waals surface area contributed by atoms with E-state index in [0.717, 1.165) is 22.1 Å². The fourth-order valence-corrected chi connectivity index (χ4v) is 3.48. The third-order valence-electron chi connectivity index (χ3n) is 5.04. The van der Waals surface area contributed by atoms with Gasteiger partial charge in [0.2, 0.25) is 5.91 Å². The predicted molar refractivity (Wildman–Crippen MR) is 122 cm³/mol. The molecule has 6 heteroatoms. The number of carbonyl (C=O) groups excluding carboxylic acids is 2. The number of hydrogen-bond donors (Lipinski definition) is 2. The predicted octanol–water partition coefficient (Wildman–Crippen LogP) is 5.24. The molecule has 0 aliphatic carbocycles. The summed E-state index contributed by atoms with van der Waals surface area (Å²) in [6, 6.07) is 22.1. The molecule has 0 atom stereocenters. The molecule has 6 nitrogen and oxygen atoms in total. The number of hydrogen-bond acceptors (Lipinski definition) is 5. The van der Waals surface area contributed by atoms with Crippen molar-refractivity contribution < 1.29 is 23.8 Å². The number of anilines is 1. The zero-order valence-electron chi connectivity index (χ0n) is 17.6. The Balaban J connectivity index is 1.39. The molecule has 0 fully saturated rings. The van der Waals surface area contributed by atoms with Crippen molar-refractivity contribution >= 4 is 28.3 Å². The first kappa shape index (κ1) is 21.3. The quantitative estimate of drug-likeness (QED) is 0.295. The van der Waals surface area contributed by atoms with E-state index in [9.17, 15) is 14.7 Å². The molecular formula is C26H23NO5. The van der Waals surface area contributed by atoms with Crippen molar-refractivity contribution in [1.82, 2.24) is 0 Å². The molecule has 162 valence electrons. The fourth-order valence-electron chi connectivity index (χ4n) is 3.48. The smallest absolute Gasteiger partial charge is 0.228 e. The number of benzene rings is 3. The van der Waals surface area contributed by atoms with E-state index in [0.29, 0.717) is 19.0 Å². The van der Waals surface area contributed by atoms with Gasteiger partial charge in [0, 0.05) is 5.39 Å². The van der Waals surface area contributed by atoms with Crippen molar-refractivity contribution in [2.24, 2.45) is 0 Å². The van der Waals surface area contributed by atoms with E-state index in [1.165, 1.54) is 13.0 Å². The van der Waals surface area contributed by atoms with E-state index in [2.05, 4.69) is 5.32 Å². The summed E-state index contributed by atoms with van der Waals surface area (Å²) < 4.78 is 11.6. The lowest BCUT2D eigenvalue weighted by molar-refractivity contribution is -0.115. The van der Waals surface area contributed by atoms with Crippen LogP contribution in [0, 0.1) is 0 Å². The number of phenolic OH excluding ortho intramolecular Hbond substituents is 1. The van der Waals surface area contributed by atoms with Crippen LogP contribution in [-0.4, -0.2) is 16.8 Å². The number of carbonyl (C=O) groups is 2. The number of ketones is 1. The fraction of sp³-hybridized carbons (Fsp3) is 0.154. The van der Waals surface area contributed by atoms with E-state index in [-0.39, 0.29) is 35.1 Å². The summed E-state index contributed by atoms with van der Waals surface area (Å²) in [6.45, 7) is 2.22. The van der Waals surface area contributed by atoms with Gasteiger partial charge in [0.15, 0.2) is 5.78 Å². The van der Waals surface area contributed by atoms with Gasteiger partial charge < -0.3 is 19.6 Å². The number of nitrogens with one attached hydrogen (secondary N) is 1. The zero-order chi connectivity index (χ0) is 22.5. The second-order valence-electron chi connectivity index (χ2n) is 7.55. The van der Waals surface area contributed by atoms with E-state index < -0.39 is 0 Å². The minimum absolute atomic E-state index is 0.116. The van der Waals surface area contributed by atoms with Gasteiger partial charge in [-0.3, -0.25) is 9.59 Å². The Bertz CT molecular complexity index is 1260. The lowest BCUT2D eigenvalue weighted by Crippen LogP contribution is -2.15. The van der Waals surface area contributed by atoms with Gasteiger partial charge in [-0.25, -0.2) is 0 Å². The van der Waals surface area contributed by atoms with E-state index >= 15 is 0 Å². The van der Waals surface area contributed by atoms with Gasteiger partial charge in [-0.15, -0.1) is 0 Å². The number of furan rings is 1. The molecule has 0 aliphatic rings. The maximum Gasteiger partial charge on any atom is 0.228 e. The lowest BCUT2D eigenvalue weighted by Gasteiger charge is -2.09. The highest BCUT2D eigenvalue weighted by molar-refractivity contribution is 6.01. The van der Waals surface area contributed by atoms with Crippen LogP contribution >= 0.6 is 0 Å². The molecule has 1 aromatic heterocycles. The summed E-state index contributed by atoms with van der Waals surface area (Å²) in [5, 5.41) is 13.8. The summed E-state index contributed by atoms with van der Waals surface area (Å²) in [4.78, 5) is 24.1. The number of ether oxygens (including phenoxy) is 1. The normalized spacial score (nSPS) is 10.9. The summed E-state index contributed by atoms with van der Waals surface area (Å²) in [5.41, 5.74) is 3.00. The topological polar surface area (TPSA) is 88.8 Å². The van der Waals surface area contributed by atoms with Gasteiger partial charge in [0.25, 0.3) is 0 Å². The lowest BCUT2D eigenvalue weighted by atomic mass is 10.1. The van der Waals surface area contributed by atoms with Crippen molar-refractivity contribution in [2.45, 2.75) is 26.6 Å². The Labute approximate surface area is 185 Å². The van der Waals surface area contributed by atoms with Crippen molar-refractivity contribution in [3.8, 4) is 5.75 Å². The number of para-hydroxylation sites is 1. The second kappa shape index (κ2) is 9.49. The molecule has 3 aromatic carbocycles. The van der Waals surface area contributed by atoms with E-state index in [1.807, 2.05) is 54.6 Å². The number of fused-ring (bicyclic) bond motifs is 1. The summed E-state index contributed by atoms with van der Waals surface area (Å²) in [6.07, 6.45) is 0.116. The van der Waals surface area contributed by atoms with Gasteiger partial charge in [0.1, 0.15) is 23.7 Å². The average molecular weight is 429 g/mol. The average Bonchev–Trinajstić information content (AvgIpc) is 3.17. The van der Waals surface area contributed by atoms with Gasteiger partial charge in [-0.2, -0.15) is 0 Å². The molecule has 0 saturated carbocycles. The summed E-state index contributed by atoms with van der Waals surface area (Å²) in [7, 11) is 0. The molecule has 0 saturated heterocycles. The van der Waals surface area contributed by atoms with Crippen molar-refractivity contribution in [2.75, 3.05) is 5.32 Å². The SMILES string of the molecule is CC(=O)c1cccc(NC(=O)Cc2ccc3oc(COCc4ccccc4)cc3c2)c1O. The van der Waals surface area contributed by atoms with Crippen LogP contribution in [0.2, 0.25) is 0 Å². The van der Waals surface area contributed by atoms with Crippen LogP contribution < -0.4 is 5.32 Å². The van der Waals surface area contributed by atoms with Gasteiger partial charge >= 0.3 is 0 Å². The van der Waals surface area contributed by atoms with Gasteiger partial charge in [-0.05, 0) is 48.4 Å². The maximum absolute atomic E-state index is 12.5. The molecule has 0 unspecified atom stereocenters. The Kier molecular flexibility index (Phi) is 6.33. The number of amides is 1. The molecule has 1 heterocycles. The third-order valence-corrected chi connectivity index (χ3v) is 5.04. The number of phenols is 1. The van der Waals surface area contributed by atoms with Crippen LogP contribution in [0.5, 0.6) is 5.75 Å². The number of rotatable bonds is 8. The van der Waals surface area contributed by atoms with Crippen molar-refractivity contribution in [3.05, 3.63) is 95.2 Å². The zero-order valence-corrected chi connectivity index (χ0v) is 17.6. The Hall–Kier alpha value is -3.90. The molecule has 0 radical (unpaired) electrons. The number of aromatic hydroxyl groups is 1. The Morgan fingerprint density at radius 2 is 1.75 bits per heavy atom. The van der Waals surface area contributed by atoms with Crippen LogP contribution in [0.4, 0.5) is 5.69 Å². The number of Topliss-reactive ketones (excluding diaryl/α,β-unsaturated/α-hetero) is 1. The second-order valence-corrected chi connectivity index (χ2v) is 7.55. The van der Waals surface area contributed by atoms with E-state index in [4.69, 9.17) is 9.15 Å². The maximum atomic E-state index is 12.5. The van der Waals surface area contributed by atoms with Gasteiger partial charge in [-0.1, -0.05) is 42.5 Å². The molecule has 0 spiro atoms. The molecule has 0 bridgehead atoms. The van der Waals surface area contributed by atoms with Crippen molar-refractivity contribution in [3.63, 3.8) is 0 Å². The van der Waals surface area contributed by atoms with Crippen LogP contribution in [0.3, 0.4) is 0 Å². The summed E-state index contributed by atoms with van der Waals surface area (Å²) >= 11 is 0. The largest absolute Gasteiger partial charge is 0.505 e. The molecular weight excluding hydrogens is 406 g/mol. The van der Waals surface area contributed by atoms with Gasteiger partial charge in [0.05, 0.1) is 24.3 Å². The molecule has 0 aliphatic heterocycles. The van der Waals surface area contributed by atoms with Crippen LogP contribution in [0.15, 0.2) is 77.2 Å². The van der Waals surface area contributed by atoms with Crippen LogP contribution in [0.25, 0.3) is 11.0 Å². The Morgan fingerprint density at radius 3 is 2.53 bits per heavy atom. The standard InChI is InChI=1S/C26H23NO5/c1-17(28)22-8-5-9-23(26(22)30)27-25(29)13-19-10-11-24-20(12-19)14-21(32-24)16-31-15-18-6-3-2-4-7-18/h2-12,14,30H,13,15-16H2,1H3,(H,27,29). The molecule has 1 amide bonds. The van der Waals surface area contributed by atoms with Crippen LogP contribution in [0.1, 0.15) is 34.2 Å². The highest BCUT2D eigenvalue weighted by Gasteiger charge is 2.14. The minimum Gasteiger partial charge on any atom is -0.505 e. The molecule has 4 aromatic rings.